The third-order valence-electron chi connectivity index (χ3n) is 3.43. The maximum Gasteiger partial charge on any atom is 0.406 e. The summed E-state index contributed by atoms with van der Waals surface area (Å²) in [6.45, 7) is -0.840. The lowest BCUT2D eigenvalue weighted by Gasteiger charge is -2.20. The molecule has 29 heavy (non-hydrogen) atoms. The van der Waals surface area contributed by atoms with Crippen LogP contribution in [0.15, 0.2) is 23.2 Å². The van der Waals surface area contributed by atoms with Crippen molar-refractivity contribution in [3.63, 3.8) is 0 Å². The quantitative estimate of drug-likeness (QED) is 0.231. The van der Waals surface area contributed by atoms with Crippen LogP contribution in [0.3, 0.4) is 0 Å². The molecule has 0 saturated carbocycles. The highest BCUT2D eigenvalue weighted by atomic mass is 127. The van der Waals surface area contributed by atoms with Crippen LogP contribution in [0.25, 0.3) is 0 Å². The molecule has 0 radical (unpaired) electrons. The normalized spacial score (nSPS) is 11.7. The SMILES string of the molecule is CCNC(=NCc1cc(C)ccc1OC(F)F)NCC(=O)N(C)CC(F)(F)F.I. The monoisotopic (exact) mass is 538 g/mol. The molecule has 0 fully saturated rings. The number of alkyl halides is 5. The molecule has 2 N–H and O–H groups in total. The first kappa shape index (κ1) is 27.1. The molecule has 0 aliphatic carbocycles. The van der Waals surface area contributed by atoms with Gasteiger partial charge in [0, 0.05) is 19.2 Å². The molecule has 0 atom stereocenters. The largest absolute Gasteiger partial charge is 0.434 e. The van der Waals surface area contributed by atoms with Crippen LogP contribution in [-0.2, 0) is 11.3 Å². The van der Waals surface area contributed by atoms with E-state index < -0.39 is 31.8 Å². The van der Waals surface area contributed by atoms with Gasteiger partial charge in [-0.1, -0.05) is 17.7 Å². The van der Waals surface area contributed by atoms with E-state index in [0.717, 1.165) is 12.6 Å². The molecule has 0 heterocycles. The molecule has 166 valence electrons. The second kappa shape index (κ2) is 12.6. The Hall–Kier alpha value is -1.86. The molecule has 1 aromatic rings. The summed E-state index contributed by atoms with van der Waals surface area (Å²) in [7, 11) is 1.04. The Kier molecular flexibility index (Phi) is 11.8. The Morgan fingerprint density at radius 1 is 1.28 bits per heavy atom. The first-order chi connectivity index (χ1) is 13.0. The summed E-state index contributed by atoms with van der Waals surface area (Å²) in [5.74, 6) is -0.651. The standard InChI is InChI=1S/C17H23F5N4O2.HI/c1-4-23-16(25-9-14(27)26(3)10-17(20,21)22)24-8-12-7-11(2)5-6-13(12)28-15(18)19;/h5-7,15H,4,8-10H2,1-3H3,(H2,23,24,25);1H. The number of guanidine groups is 1. The van der Waals surface area contributed by atoms with Crippen molar-refractivity contribution in [2.75, 3.05) is 26.7 Å². The lowest BCUT2D eigenvalue weighted by atomic mass is 10.1. The fourth-order valence-corrected chi connectivity index (χ4v) is 2.20. The summed E-state index contributed by atoms with van der Waals surface area (Å²) < 4.78 is 66.5. The molecule has 12 heteroatoms. The number of aryl methyl sites for hydroxylation is 1. The summed E-state index contributed by atoms with van der Waals surface area (Å²) in [5, 5.41) is 5.45. The van der Waals surface area contributed by atoms with Gasteiger partial charge in [-0.05, 0) is 19.9 Å². The minimum absolute atomic E-state index is 0. The molecule has 1 rings (SSSR count). The van der Waals surface area contributed by atoms with Gasteiger partial charge in [0.05, 0.1) is 13.1 Å². The Balaban J connectivity index is 0.00000784. The van der Waals surface area contributed by atoms with E-state index in [1.165, 1.54) is 6.07 Å². The first-order valence-corrected chi connectivity index (χ1v) is 8.39. The highest BCUT2D eigenvalue weighted by Crippen LogP contribution is 2.23. The molecule has 0 spiro atoms. The number of rotatable bonds is 8. The van der Waals surface area contributed by atoms with Gasteiger partial charge in [-0.15, -0.1) is 24.0 Å². The number of carbonyl (C=O) groups is 1. The molecule has 0 unspecified atom stereocenters. The van der Waals surface area contributed by atoms with Crippen molar-refractivity contribution in [2.24, 2.45) is 4.99 Å². The van der Waals surface area contributed by atoms with Crippen LogP contribution in [0.5, 0.6) is 5.75 Å². The molecule has 6 nitrogen and oxygen atoms in total. The zero-order chi connectivity index (χ0) is 21.3. The number of aliphatic imine (C=N–C) groups is 1. The first-order valence-electron chi connectivity index (χ1n) is 8.39. The number of benzene rings is 1. The topological polar surface area (TPSA) is 66.0 Å². The Morgan fingerprint density at radius 3 is 2.48 bits per heavy atom. The van der Waals surface area contributed by atoms with Crippen LogP contribution in [0.1, 0.15) is 18.1 Å². The van der Waals surface area contributed by atoms with Crippen LogP contribution in [-0.4, -0.2) is 56.2 Å². The van der Waals surface area contributed by atoms with Gasteiger partial charge >= 0.3 is 12.8 Å². The van der Waals surface area contributed by atoms with Gasteiger partial charge in [-0.3, -0.25) is 4.79 Å². The molecular weight excluding hydrogens is 514 g/mol. The lowest BCUT2D eigenvalue weighted by Crippen LogP contribution is -2.45. The lowest BCUT2D eigenvalue weighted by molar-refractivity contribution is -0.157. The van der Waals surface area contributed by atoms with Gasteiger partial charge in [0.2, 0.25) is 5.91 Å². The van der Waals surface area contributed by atoms with E-state index in [2.05, 4.69) is 20.4 Å². The van der Waals surface area contributed by atoms with Gasteiger partial charge in [-0.25, -0.2) is 4.99 Å². The minimum Gasteiger partial charge on any atom is -0.434 e. The summed E-state index contributed by atoms with van der Waals surface area (Å²) >= 11 is 0. The molecule has 1 amide bonds. The van der Waals surface area contributed by atoms with Gasteiger partial charge in [-0.2, -0.15) is 22.0 Å². The van der Waals surface area contributed by atoms with E-state index in [0.29, 0.717) is 17.0 Å². The third kappa shape index (κ3) is 11.0. The number of carbonyl (C=O) groups excluding carboxylic acids is 1. The summed E-state index contributed by atoms with van der Waals surface area (Å²) in [6, 6.07) is 4.65. The number of likely N-dealkylation sites (N-methyl/N-ethyl adjacent to an activating group) is 1. The molecular formula is C17H24F5IN4O2. The van der Waals surface area contributed by atoms with Crippen molar-refractivity contribution in [2.45, 2.75) is 33.2 Å². The predicted molar refractivity (Wildman–Crippen MR) is 110 cm³/mol. The number of nitrogens with one attached hydrogen (secondary N) is 2. The zero-order valence-corrected chi connectivity index (χ0v) is 18.5. The van der Waals surface area contributed by atoms with E-state index in [1.807, 2.05) is 0 Å². The van der Waals surface area contributed by atoms with Crippen LogP contribution >= 0.6 is 24.0 Å². The van der Waals surface area contributed by atoms with Gasteiger partial charge < -0.3 is 20.3 Å². The van der Waals surface area contributed by atoms with Gasteiger partial charge in [0.1, 0.15) is 12.3 Å². The molecule has 1 aromatic carbocycles. The molecule has 0 aliphatic rings. The van der Waals surface area contributed by atoms with Gasteiger partial charge in [0.25, 0.3) is 0 Å². The van der Waals surface area contributed by atoms with E-state index in [1.54, 1.807) is 26.0 Å². The third-order valence-corrected chi connectivity index (χ3v) is 3.43. The van der Waals surface area contributed by atoms with Crippen LogP contribution in [0, 0.1) is 6.92 Å². The van der Waals surface area contributed by atoms with Gasteiger partial charge in [0.15, 0.2) is 5.96 Å². The molecule has 0 aromatic heterocycles. The number of ether oxygens (including phenoxy) is 1. The summed E-state index contributed by atoms with van der Waals surface area (Å²) in [5.41, 5.74) is 1.21. The number of halogens is 6. The molecule has 0 bridgehead atoms. The van der Waals surface area contributed by atoms with E-state index >= 15 is 0 Å². The Morgan fingerprint density at radius 2 is 1.93 bits per heavy atom. The highest BCUT2D eigenvalue weighted by molar-refractivity contribution is 14.0. The maximum atomic E-state index is 12.5. The van der Waals surface area contributed by atoms with Crippen molar-refractivity contribution in [3.8, 4) is 5.75 Å². The average molecular weight is 538 g/mol. The van der Waals surface area contributed by atoms with Crippen molar-refractivity contribution < 1.29 is 31.5 Å². The number of hydrogen-bond acceptors (Lipinski definition) is 3. The van der Waals surface area contributed by atoms with E-state index in [4.69, 9.17) is 0 Å². The van der Waals surface area contributed by atoms with Crippen LogP contribution < -0.4 is 15.4 Å². The molecule has 0 aliphatic heterocycles. The Bertz CT molecular complexity index is 686. The number of hydrogen-bond donors (Lipinski definition) is 2. The Labute approximate surface area is 182 Å². The van der Waals surface area contributed by atoms with Crippen molar-refractivity contribution in [1.82, 2.24) is 15.5 Å². The fourth-order valence-electron chi connectivity index (χ4n) is 2.20. The van der Waals surface area contributed by atoms with Crippen molar-refractivity contribution >= 4 is 35.8 Å². The van der Waals surface area contributed by atoms with Crippen LogP contribution in [0.2, 0.25) is 0 Å². The zero-order valence-electron chi connectivity index (χ0n) is 16.1. The summed E-state index contributed by atoms with van der Waals surface area (Å²) in [6.07, 6.45) is -4.49. The highest BCUT2D eigenvalue weighted by Gasteiger charge is 2.31. The van der Waals surface area contributed by atoms with Crippen molar-refractivity contribution in [1.29, 1.82) is 0 Å². The number of nitrogens with zero attached hydrogens (tertiary/aromatic N) is 2. The fraction of sp³-hybridized carbons (Fsp3) is 0.529. The van der Waals surface area contributed by atoms with E-state index in [-0.39, 0.29) is 42.2 Å². The molecule has 0 saturated heterocycles. The van der Waals surface area contributed by atoms with Crippen LogP contribution in [0.4, 0.5) is 22.0 Å². The second-order valence-electron chi connectivity index (χ2n) is 5.90. The minimum atomic E-state index is -4.49. The predicted octanol–water partition coefficient (Wildman–Crippen LogP) is 3.29. The maximum absolute atomic E-state index is 12.5. The van der Waals surface area contributed by atoms with Crippen molar-refractivity contribution in [3.05, 3.63) is 29.3 Å². The smallest absolute Gasteiger partial charge is 0.406 e. The average Bonchev–Trinajstić information content (AvgIpc) is 2.57. The number of amides is 1. The summed E-state index contributed by atoms with van der Waals surface area (Å²) in [4.78, 5) is 16.5. The second-order valence-corrected chi connectivity index (χ2v) is 5.90. The van der Waals surface area contributed by atoms with E-state index in [9.17, 15) is 26.7 Å².